The van der Waals surface area contributed by atoms with E-state index in [1.807, 2.05) is 49.4 Å². The van der Waals surface area contributed by atoms with Crippen LogP contribution in [0, 0.1) is 0 Å². The van der Waals surface area contributed by atoms with Crippen LogP contribution in [0.15, 0.2) is 84.9 Å². The number of aromatic carboxylic acids is 1. The fraction of sp³-hybridized carbons (Fsp3) is 0.250. The highest BCUT2D eigenvalue weighted by atomic mass is 35.5. The number of halogens is 1. The number of nitrogens with one attached hydrogen (secondary N) is 1. The number of carbonyl (C=O) groups is 1. The number of aliphatic hydroxyl groups is 1. The first-order chi connectivity index (χ1) is 15.8. The maximum Gasteiger partial charge on any atom is 0.339 e. The van der Waals surface area contributed by atoms with E-state index >= 15 is 0 Å². The van der Waals surface area contributed by atoms with E-state index in [0.717, 1.165) is 28.7 Å². The summed E-state index contributed by atoms with van der Waals surface area (Å²) in [7, 11) is 0. The minimum Gasteiger partial charge on any atom is -0.488 e. The van der Waals surface area contributed by atoms with Gasteiger partial charge in [0.25, 0.3) is 0 Å². The van der Waals surface area contributed by atoms with Gasteiger partial charge in [-0.1, -0.05) is 67.2 Å². The van der Waals surface area contributed by atoms with Gasteiger partial charge in [-0.05, 0) is 60.2 Å². The Balaban J connectivity index is 0.00000408. The summed E-state index contributed by atoms with van der Waals surface area (Å²) in [6, 6.07) is 23.2. The highest BCUT2D eigenvalue weighted by Crippen LogP contribution is 2.28. The number of hydrogen-bond donors (Lipinski definition) is 3. The van der Waals surface area contributed by atoms with Crippen LogP contribution in [0.2, 0.25) is 0 Å². The Morgan fingerprint density at radius 1 is 1.03 bits per heavy atom. The van der Waals surface area contributed by atoms with Crippen LogP contribution in [0.1, 0.15) is 41.4 Å². The van der Waals surface area contributed by atoms with Crippen molar-refractivity contribution in [3.05, 3.63) is 102 Å². The molecule has 0 saturated heterocycles. The largest absolute Gasteiger partial charge is 0.488 e. The first-order valence-electron chi connectivity index (χ1n) is 11.0. The summed E-state index contributed by atoms with van der Waals surface area (Å²) < 4.78 is 5.67. The number of carboxylic acids is 1. The molecule has 0 radical (unpaired) electrons. The molecule has 3 N–H and O–H groups in total. The molecule has 0 heterocycles. The van der Waals surface area contributed by atoms with Crippen LogP contribution in [-0.4, -0.2) is 35.4 Å². The quantitative estimate of drug-likeness (QED) is 0.307. The van der Waals surface area contributed by atoms with Crippen LogP contribution in [0.5, 0.6) is 5.75 Å². The molecule has 3 rings (SSSR count). The predicted octanol–water partition coefficient (Wildman–Crippen LogP) is 5.68. The van der Waals surface area contributed by atoms with Crippen LogP contribution in [0.4, 0.5) is 0 Å². The molecule has 0 aliphatic rings. The minimum absolute atomic E-state index is 0. The highest BCUT2D eigenvalue weighted by molar-refractivity contribution is 5.92. The first kappa shape index (κ1) is 27.1. The van der Waals surface area contributed by atoms with Gasteiger partial charge >= 0.3 is 5.97 Å². The standard InChI is InChI=1S/C28H31NO4.ClH/c1-19(2)18-33-27-16-24(13-14-25(27)28(31)32)22-11-9-21(10-12-22)15-20(3)29-17-26(30)23-7-5-4-6-8-23;/h4-14,16,20,26,29-30H,1,15,17-18H2,2-3H3,(H,31,32);1H/t20-,26+;/m1./s1. The lowest BCUT2D eigenvalue weighted by molar-refractivity contribution is 0.0692. The molecule has 0 unspecified atom stereocenters. The van der Waals surface area contributed by atoms with Gasteiger partial charge in [0, 0.05) is 12.6 Å². The Kier molecular flexibility index (Phi) is 10.3. The second-order valence-electron chi connectivity index (χ2n) is 8.40. The Morgan fingerprint density at radius 3 is 2.29 bits per heavy atom. The SMILES string of the molecule is C=C(C)COc1cc(-c2ccc(C[C@@H](C)NC[C@H](O)c3ccccc3)cc2)ccc1C(=O)O.Cl. The maximum absolute atomic E-state index is 11.5. The minimum atomic E-state index is -1.02. The molecule has 0 saturated carbocycles. The molecule has 3 aromatic rings. The Bertz CT molecular complexity index is 1080. The smallest absolute Gasteiger partial charge is 0.339 e. The zero-order valence-corrected chi connectivity index (χ0v) is 20.3. The van der Waals surface area contributed by atoms with Gasteiger partial charge in [-0.2, -0.15) is 0 Å². The van der Waals surface area contributed by atoms with E-state index in [-0.39, 0.29) is 30.6 Å². The van der Waals surface area contributed by atoms with Crippen LogP contribution in [0.3, 0.4) is 0 Å². The van der Waals surface area contributed by atoms with Crippen molar-refractivity contribution in [2.75, 3.05) is 13.2 Å². The normalized spacial score (nSPS) is 12.3. The van der Waals surface area contributed by atoms with E-state index in [0.29, 0.717) is 12.3 Å². The number of rotatable bonds is 11. The van der Waals surface area contributed by atoms with Gasteiger partial charge in [-0.15, -0.1) is 12.4 Å². The zero-order chi connectivity index (χ0) is 23.8. The molecule has 0 amide bonds. The Morgan fingerprint density at radius 2 is 1.68 bits per heavy atom. The van der Waals surface area contributed by atoms with Gasteiger partial charge < -0.3 is 20.3 Å². The topological polar surface area (TPSA) is 78.8 Å². The number of ether oxygens (including phenoxy) is 1. The van der Waals surface area contributed by atoms with Crippen molar-refractivity contribution in [3.63, 3.8) is 0 Å². The van der Waals surface area contributed by atoms with Crippen LogP contribution >= 0.6 is 12.4 Å². The average molecular weight is 482 g/mol. The van der Waals surface area contributed by atoms with E-state index in [1.165, 1.54) is 5.56 Å². The lowest BCUT2D eigenvalue weighted by Crippen LogP contribution is -2.32. The molecule has 180 valence electrons. The molecule has 0 aliphatic heterocycles. The van der Waals surface area contributed by atoms with Gasteiger partial charge in [0.05, 0.1) is 6.10 Å². The van der Waals surface area contributed by atoms with Gasteiger partial charge in [0.2, 0.25) is 0 Å². The number of hydrogen-bond acceptors (Lipinski definition) is 4. The summed E-state index contributed by atoms with van der Waals surface area (Å²) in [5.41, 5.74) is 4.90. The van der Waals surface area contributed by atoms with E-state index in [4.69, 9.17) is 4.74 Å². The molecule has 0 aromatic heterocycles. The summed E-state index contributed by atoms with van der Waals surface area (Å²) in [5.74, 6) is -0.686. The summed E-state index contributed by atoms with van der Waals surface area (Å²) in [4.78, 5) is 11.5. The fourth-order valence-electron chi connectivity index (χ4n) is 3.56. The summed E-state index contributed by atoms with van der Waals surface area (Å²) in [6.45, 7) is 8.50. The van der Waals surface area contributed by atoms with Crippen molar-refractivity contribution in [1.29, 1.82) is 0 Å². The molecule has 0 aliphatic carbocycles. The van der Waals surface area contributed by atoms with Crippen molar-refractivity contribution >= 4 is 18.4 Å². The van der Waals surface area contributed by atoms with E-state index in [9.17, 15) is 15.0 Å². The number of benzene rings is 3. The van der Waals surface area contributed by atoms with Crippen molar-refractivity contribution in [2.24, 2.45) is 0 Å². The monoisotopic (exact) mass is 481 g/mol. The molecule has 0 spiro atoms. The second kappa shape index (κ2) is 12.9. The molecule has 0 bridgehead atoms. The van der Waals surface area contributed by atoms with Crippen molar-refractivity contribution < 1.29 is 19.7 Å². The van der Waals surface area contributed by atoms with E-state index in [1.54, 1.807) is 18.2 Å². The maximum atomic E-state index is 11.5. The average Bonchev–Trinajstić information content (AvgIpc) is 2.82. The molecule has 2 atom stereocenters. The Hall–Kier alpha value is -3.12. The molecular formula is C28H32ClNO4. The summed E-state index contributed by atoms with van der Waals surface area (Å²) in [5, 5.41) is 23.2. The molecule has 3 aromatic carbocycles. The van der Waals surface area contributed by atoms with Gasteiger partial charge in [0.1, 0.15) is 17.9 Å². The van der Waals surface area contributed by atoms with Gasteiger partial charge in [-0.25, -0.2) is 4.79 Å². The lowest BCUT2D eigenvalue weighted by atomic mass is 9.99. The van der Waals surface area contributed by atoms with Crippen molar-refractivity contribution in [1.82, 2.24) is 5.32 Å². The number of carboxylic acid groups (broad SMARTS) is 1. The van der Waals surface area contributed by atoms with Crippen LogP contribution in [-0.2, 0) is 6.42 Å². The molecule has 0 fully saturated rings. The Labute approximate surface area is 207 Å². The first-order valence-corrected chi connectivity index (χ1v) is 11.0. The van der Waals surface area contributed by atoms with Crippen molar-refractivity contribution in [3.8, 4) is 16.9 Å². The van der Waals surface area contributed by atoms with Crippen LogP contribution in [0.25, 0.3) is 11.1 Å². The van der Waals surface area contributed by atoms with Gasteiger partial charge in [0.15, 0.2) is 0 Å². The van der Waals surface area contributed by atoms with Crippen LogP contribution < -0.4 is 10.1 Å². The molecule has 6 heteroatoms. The third-order valence-corrected chi connectivity index (χ3v) is 5.36. The van der Waals surface area contributed by atoms with Gasteiger partial charge in [-0.3, -0.25) is 0 Å². The molecule has 34 heavy (non-hydrogen) atoms. The third kappa shape index (κ3) is 7.73. The summed E-state index contributed by atoms with van der Waals surface area (Å²) in [6.07, 6.45) is 0.290. The molecule has 5 nitrogen and oxygen atoms in total. The predicted molar refractivity (Wildman–Crippen MR) is 139 cm³/mol. The van der Waals surface area contributed by atoms with Crippen molar-refractivity contribution in [2.45, 2.75) is 32.4 Å². The summed E-state index contributed by atoms with van der Waals surface area (Å²) >= 11 is 0. The third-order valence-electron chi connectivity index (χ3n) is 5.36. The number of aliphatic hydroxyl groups excluding tert-OH is 1. The lowest BCUT2D eigenvalue weighted by Gasteiger charge is -2.18. The fourth-order valence-corrected chi connectivity index (χ4v) is 3.56. The second-order valence-corrected chi connectivity index (χ2v) is 8.40. The molecular weight excluding hydrogens is 450 g/mol. The van der Waals surface area contributed by atoms with E-state index < -0.39 is 12.1 Å². The highest BCUT2D eigenvalue weighted by Gasteiger charge is 2.14. The zero-order valence-electron chi connectivity index (χ0n) is 19.5. The van der Waals surface area contributed by atoms with E-state index in [2.05, 4.69) is 31.0 Å².